The van der Waals surface area contributed by atoms with Gasteiger partial charge in [0.15, 0.2) is 0 Å². The highest BCUT2D eigenvalue weighted by Crippen LogP contribution is 2.36. The van der Waals surface area contributed by atoms with E-state index in [1.807, 2.05) is 37.3 Å². The lowest BCUT2D eigenvalue weighted by Crippen LogP contribution is -2.02. The van der Waals surface area contributed by atoms with E-state index >= 15 is 0 Å². The number of hydrogen-bond donors (Lipinski definition) is 1. The van der Waals surface area contributed by atoms with Crippen LogP contribution in [0.5, 0.6) is 5.75 Å². The van der Waals surface area contributed by atoms with E-state index in [2.05, 4.69) is 22.0 Å². The van der Waals surface area contributed by atoms with E-state index in [9.17, 15) is 5.11 Å². The molecule has 98 valence electrons. The van der Waals surface area contributed by atoms with Crippen LogP contribution in [0.2, 0.25) is 0 Å². The molecule has 0 saturated carbocycles. The van der Waals surface area contributed by atoms with Gasteiger partial charge in [-0.25, -0.2) is 0 Å². The quantitative estimate of drug-likeness (QED) is 0.913. The van der Waals surface area contributed by atoms with Crippen molar-refractivity contribution in [1.29, 1.82) is 0 Å². The molecule has 3 heteroatoms. The Bertz CT molecular complexity index is 622. The average Bonchev–Trinajstić information content (AvgIpc) is 2.89. The number of halogens is 1. The van der Waals surface area contributed by atoms with Crippen LogP contribution in [0.4, 0.5) is 0 Å². The summed E-state index contributed by atoms with van der Waals surface area (Å²) in [5, 5.41) is 10.6. The van der Waals surface area contributed by atoms with Crippen LogP contribution in [0, 0.1) is 6.92 Å². The second-order valence-corrected chi connectivity index (χ2v) is 5.70. The first-order chi connectivity index (χ1) is 9.16. The summed E-state index contributed by atoms with van der Waals surface area (Å²) in [6.45, 7) is 2.73. The summed E-state index contributed by atoms with van der Waals surface area (Å²) in [4.78, 5) is 0. The van der Waals surface area contributed by atoms with Crippen molar-refractivity contribution in [3.63, 3.8) is 0 Å². The number of hydrogen-bond acceptors (Lipinski definition) is 2. The maximum absolute atomic E-state index is 10.6. The van der Waals surface area contributed by atoms with Crippen LogP contribution in [0.3, 0.4) is 0 Å². The Balaban J connectivity index is 2.02. The van der Waals surface area contributed by atoms with E-state index in [-0.39, 0.29) is 0 Å². The lowest BCUT2D eigenvalue weighted by Gasteiger charge is -2.16. The summed E-state index contributed by atoms with van der Waals surface area (Å²) in [5.74, 6) is 0.857. The van der Waals surface area contributed by atoms with E-state index < -0.39 is 6.10 Å². The van der Waals surface area contributed by atoms with E-state index in [1.165, 1.54) is 5.56 Å². The van der Waals surface area contributed by atoms with Crippen LogP contribution in [0.15, 0.2) is 40.9 Å². The highest BCUT2D eigenvalue weighted by Gasteiger charge is 2.21. The Morgan fingerprint density at radius 1 is 1.26 bits per heavy atom. The molecule has 0 spiro atoms. The number of rotatable bonds is 2. The number of benzene rings is 2. The van der Waals surface area contributed by atoms with E-state index in [0.717, 1.165) is 33.3 Å². The van der Waals surface area contributed by atoms with Gasteiger partial charge in [0.05, 0.1) is 6.61 Å². The Morgan fingerprint density at radius 2 is 2.11 bits per heavy atom. The summed E-state index contributed by atoms with van der Waals surface area (Å²) in [6.07, 6.45) is 0.287. The highest BCUT2D eigenvalue weighted by molar-refractivity contribution is 9.10. The zero-order chi connectivity index (χ0) is 13.4. The van der Waals surface area contributed by atoms with Gasteiger partial charge in [0.25, 0.3) is 0 Å². The number of ether oxygens (including phenoxy) is 1. The molecule has 1 heterocycles. The molecule has 0 fully saturated rings. The van der Waals surface area contributed by atoms with Gasteiger partial charge in [0.2, 0.25) is 0 Å². The SMILES string of the molecule is Cc1cc(C(O)c2cccc3c2OCC3)ccc1Br. The Hall–Kier alpha value is -1.32. The Morgan fingerprint density at radius 3 is 2.89 bits per heavy atom. The molecular weight excluding hydrogens is 304 g/mol. The highest BCUT2D eigenvalue weighted by atomic mass is 79.9. The summed E-state index contributed by atoms with van der Waals surface area (Å²) in [6, 6.07) is 11.9. The fraction of sp³-hybridized carbons (Fsp3) is 0.250. The number of aliphatic hydroxyl groups is 1. The molecule has 0 radical (unpaired) electrons. The van der Waals surface area contributed by atoms with Crippen LogP contribution in [-0.4, -0.2) is 11.7 Å². The topological polar surface area (TPSA) is 29.5 Å². The molecule has 1 unspecified atom stereocenters. The van der Waals surface area contributed by atoms with Crippen LogP contribution < -0.4 is 4.74 Å². The molecule has 0 aromatic heterocycles. The van der Waals surface area contributed by atoms with E-state index in [4.69, 9.17) is 4.74 Å². The monoisotopic (exact) mass is 318 g/mol. The molecule has 1 atom stereocenters. The van der Waals surface area contributed by atoms with Crippen LogP contribution in [0.25, 0.3) is 0 Å². The molecule has 2 aromatic carbocycles. The second-order valence-electron chi connectivity index (χ2n) is 4.85. The Kier molecular flexibility index (Phi) is 3.33. The lowest BCUT2D eigenvalue weighted by molar-refractivity contribution is 0.213. The summed E-state index contributed by atoms with van der Waals surface area (Å²) < 4.78 is 6.71. The predicted octanol–water partition coefficient (Wildman–Crippen LogP) is 3.77. The minimum atomic E-state index is -0.639. The molecule has 2 nitrogen and oxygen atoms in total. The van der Waals surface area contributed by atoms with Crippen molar-refractivity contribution in [2.24, 2.45) is 0 Å². The largest absolute Gasteiger partial charge is 0.493 e. The van der Waals surface area contributed by atoms with Crippen molar-refractivity contribution in [2.45, 2.75) is 19.4 Å². The van der Waals surface area contributed by atoms with Crippen molar-refractivity contribution in [3.8, 4) is 5.75 Å². The number of aryl methyl sites for hydroxylation is 1. The van der Waals surface area contributed by atoms with E-state index in [0.29, 0.717) is 6.61 Å². The van der Waals surface area contributed by atoms with Crippen molar-refractivity contribution in [1.82, 2.24) is 0 Å². The minimum absolute atomic E-state index is 0.639. The lowest BCUT2D eigenvalue weighted by atomic mass is 9.97. The summed E-state index contributed by atoms with van der Waals surface area (Å²) in [7, 11) is 0. The zero-order valence-corrected chi connectivity index (χ0v) is 12.3. The maximum Gasteiger partial charge on any atom is 0.128 e. The first-order valence-electron chi connectivity index (χ1n) is 6.35. The molecule has 2 aromatic rings. The van der Waals surface area contributed by atoms with Gasteiger partial charge in [-0.1, -0.05) is 46.3 Å². The second kappa shape index (κ2) is 4.99. The third-order valence-corrected chi connectivity index (χ3v) is 4.43. The standard InChI is InChI=1S/C16H15BrO2/c1-10-9-12(5-6-14(10)17)15(18)13-4-2-3-11-7-8-19-16(11)13/h2-6,9,15,18H,7-8H2,1H3. The fourth-order valence-electron chi connectivity index (χ4n) is 2.47. The van der Waals surface area contributed by atoms with Crippen molar-refractivity contribution in [3.05, 3.63) is 63.1 Å². The summed E-state index contributed by atoms with van der Waals surface area (Å²) in [5.41, 5.74) is 4.05. The van der Waals surface area contributed by atoms with Crippen LogP contribution >= 0.6 is 15.9 Å². The third kappa shape index (κ3) is 2.28. The molecular formula is C16H15BrO2. The molecule has 19 heavy (non-hydrogen) atoms. The van der Waals surface area contributed by atoms with Gasteiger partial charge in [-0.05, 0) is 29.7 Å². The van der Waals surface area contributed by atoms with E-state index in [1.54, 1.807) is 0 Å². The van der Waals surface area contributed by atoms with Crippen molar-refractivity contribution in [2.75, 3.05) is 6.61 Å². The van der Waals surface area contributed by atoms with Gasteiger partial charge >= 0.3 is 0 Å². The molecule has 0 saturated heterocycles. The predicted molar refractivity (Wildman–Crippen MR) is 78.6 cm³/mol. The fourth-order valence-corrected chi connectivity index (χ4v) is 2.72. The van der Waals surface area contributed by atoms with Gasteiger partial charge in [0.1, 0.15) is 11.9 Å². The first kappa shape index (κ1) is 12.7. The smallest absolute Gasteiger partial charge is 0.128 e. The number of fused-ring (bicyclic) bond motifs is 1. The molecule has 0 bridgehead atoms. The van der Waals surface area contributed by atoms with Gasteiger partial charge < -0.3 is 9.84 Å². The molecule has 1 N–H and O–H groups in total. The Labute approximate surface area is 121 Å². The average molecular weight is 319 g/mol. The molecule has 1 aliphatic rings. The van der Waals surface area contributed by atoms with Crippen molar-refractivity contribution >= 4 is 15.9 Å². The van der Waals surface area contributed by atoms with Gasteiger partial charge in [-0.2, -0.15) is 0 Å². The maximum atomic E-state index is 10.6. The van der Waals surface area contributed by atoms with Gasteiger partial charge in [-0.3, -0.25) is 0 Å². The number of para-hydroxylation sites is 1. The third-order valence-electron chi connectivity index (χ3n) is 3.54. The molecule has 0 amide bonds. The number of aliphatic hydroxyl groups excluding tert-OH is 1. The van der Waals surface area contributed by atoms with Gasteiger partial charge in [0, 0.05) is 16.5 Å². The summed E-state index contributed by atoms with van der Waals surface area (Å²) >= 11 is 3.48. The molecule has 0 aliphatic carbocycles. The normalized spacial score (nSPS) is 14.9. The van der Waals surface area contributed by atoms with Crippen molar-refractivity contribution < 1.29 is 9.84 Å². The molecule has 3 rings (SSSR count). The van der Waals surface area contributed by atoms with Crippen LogP contribution in [-0.2, 0) is 6.42 Å². The minimum Gasteiger partial charge on any atom is -0.493 e. The first-order valence-corrected chi connectivity index (χ1v) is 7.15. The van der Waals surface area contributed by atoms with Crippen LogP contribution in [0.1, 0.15) is 28.4 Å². The zero-order valence-electron chi connectivity index (χ0n) is 10.7. The molecule has 1 aliphatic heterocycles. The van der Waals surface area contributed by atoms with Gasteiger partial charge in [-0.15, -0.1) is 0 Å².